The minimum absolute atomic E-state index is 0.0181. The third kappa shape index (κ3) is 5.72. The molecule has 0 bridgehead atoms. The first-order chi connectivity index (χ1) is 20.0. The quantitative estimate of drug-likeness (QED) is 0.131. The standard InChI is InChI=1S/C31H35ClFN7O2/c1-7-25(42)39-14-13-38(16-20(39)5)30(35-6)21-15-22(32)28(26-23(33)9-8-10-24(26)34)37-31(21)40(17-41)29-19(4)11-12-36-27(29)18(2)3/h7-12,15,17-18,20H,1,13-14,16,34H2,2-6H3/b35-30+/t20-/m0/s1. The zero-order chi connectivity index (χ0) is 30.7. The fourth-order valence-corrected chi connectivity index (χ4v) is 5.58. The van der Waals surface area contributed by atoms with Crippen molar-refractivity contribution in [1.29, 1.82) is 0 Å². The van der Waals surface area contributed by atoms with Gasteiger partial charge in [-0.1, -0.05) is 38.1 Å². The number of nitrogens with zero attached hydrogens (tertiary/aromatic N) is 6. The van der Waals surface area contributed by atoms with Crippen molar-refractivity contribution in [3.05, 3.63) is 76.8 Å². The normalized spacial score (nSPS) is 15.6. The topological polar surface area (TPSA) is 108 Å². The van der Waals surface area contributed by atoms with E-state index in [-0.39, 0.29) is 45.7 Å². The van der Waals surface area contributed by atoms with Crippen molar-refractivity contribution in [3.8, 4) is 11.3 Å². The first-order valence-corrected chi connectivity index (χ1v) is 14.0. The van der Waals surface area contributed by atoms with E-state index in [0.29, 0.717) is 48.8 Å². The molecule has 220 valence electrons. The molecule has 0 radical (unpaired) electrons. The van der Waals surface area contributed by atoms with Crippen LogP contribution in [0.1, 0.15) is 43.5 Å². The lowest BCUT2D eigenvalue weighted by atomic mass is 10.0. The zero-order valence-electron chi connectivity index (χ0n) is 24.4. The molecule has 1 saturated heterocycles. The van der Waals surface area contributed by atoms with Gasteiger partial charge in [-0.05, 0) is 55.7 Å². The van der Waals surface area contributed by atoms with Gasteiger partial charge in [-0.2, -0.15) is 0 Å². The molecule has 0 saturated carbocycles. The van der Waals surface area contributed by atoms with Crippen molar-refractivity contribution < 1.29 is 14.0 Å². The molecule has 42 heavy (non-hydrogen) atoms. The predicted molar refractivity (Wildman–Crippen MR) is 166 cm³/mol. The molecule has 1 aliphatic heterocycles. The van der Waals surface area contributed by atoms with Gasteiger partial charge in [0.1, 0.15) is 11.7 Å². The van der Waals surface area contributed by atoms with Crippen molar-refractivity contribution >= 4 is 46.9 Å². The average Bonchev–Trinajstić information content (AvgIpc) is 2.95. The van der Waals surface area contributed by atoms with E-state index < -0.39 is 5.82 Å². The number of carbonyl (C=O) groups excluding carboxylic acids is 2. The summed E-state index contributed by atoms with van der Waals surface area (Å²) in [7, 11) is 1.64. The van der Waals surface area contributed by atoms with E-state index >= 15 is 4.39 Å². The van der Waals surface area contributed by atoms with Gasteiger partial charge in [0.05, 0.1) is 33.2 Å². The number of halogens is 2. The highest BCUT2D eigenvalue weighted by atomic mass is 35.5. The number of hydrogen-bond acceptors (Lipinski definition) is 6. The number of benzene rings is 1. The molecule has 1 aliphatic rings. The Kier molecular flexibility index (Phi) is 9.26. The number of anilines is 3. The molecule has 1 atom stereocenters. The van der Waals surface area contributed by atoms with E-state index in [1.807, 2.05) is 38.7 Å². The third-order valence-corrected chi connectivity index (χ3v) is 7.64. The predicted octanol–water partition coefficient (Wildman–Crippen LogP) is 5.34. The second kappa shape index (κ2) is 12.7. The lowest BCUT2D eigenvalue weighted by Crippen LogP contribution is -2.55. The lowest BCUT2D eigenvalue weighted by molar-refractivity contribution is -0.129. The van der Waals surface area contributed by atoms with E-state index in [0.717, 1.165) is 5.56 Å². The van der Waals surface area contributed by atoms with Crippen LogP contribution in [-0.2, 0) is 9.59 Å². The molecule has 1 fully saturated rings. The Morgan fingerprint density at radius 3 is 2.64 bits per heavy atom. The average molecular weight is 592 g/mol. The van der Waals surface area contributed by atoms with Gasteiger partial charge >= 0.3 is 0 Å². The SMILES string of the molecule is C=CC(=O)N1CCN(/C(=N/C)c2cc(Cl)c(-c3c(N)cccc3F)nc2N(C=O)c2c(C)ccnc2C(C)C)C[C@@H]1C. The van der Waals surface area contributed by atoms with Crippen LogP contribution < -0.4 is 10.6 Å². The Morgan fingerprint density at radius 2 is 2.05 bits per heavy atom. The Bertz CT molecular complexity index is 1540. The van der Waals surface area contributed by atoms with Crippen LogP contribution in [0.4, 0.5) is 21.6 Å². The summed E-state index contributed by atoms with van der Waals surface area (Å²) in [5.74, 6) is -0.0417. The van der Waals surface area contributed by atoms with Crippen LogP contribution >= 0.6 is 11.6 Å². The van der Waals surface area contributed by atoms with E-state index in [2.05, 4.69) is 16.6 Å². The molecule has 0 unspecified atom stereocenters. The molecule has 0 spiro atoms. The van der Waals surface area contributed by atoms with E-state index in [1.165, 1.54) is 23.1 Å². The number of amidine groups is 1. The van der Waals surface area contributed by atoms with Gasteiger partial charge in [0.2, 0.25) is 12.3 Å². The van der Waals surface area contributed by atoms with Crippen molar-refractivity contribution in [3.63, 3.8) is 0 Å². The number of hydrogen-bond donors (Lipinski definition) is 1. The molecule has 2 aromatic heterocycles. The van der Waals surface area contributed by atoms with Crippen LogP contribution in [0.25, 0.3) is 11.3 Å². The van der Waals surface area contributed by atoms with Gasteiger partial charge in [-0.25, -0.2) is 9.37 Å². The largest absolute Gasteiger partial charge is 0.398 e. The number of nitrogen functional groups attached to an aromatic ring is 1. The van der Waals surface area contributed by atoms with E-state index in [1.54, 1.807) is 30.3 Å². The number of nitrogens with two attached hydrogens (primary N) is 1. The summed E-state index contributed by atoms with van der Waals surface area (Å²) < 4.78 is 15.1. The van der Waals surface area contributed by atoms with Crippen molar-refractivity contribution in [2.75, 3.05) is 37.3 Å². The zero-order valence-corrected chi connectivity index (χ0v) is 25.2. The summed E-state index contributed by atoms with van der Waals surface area (Å²) in [6, 6.07) is 7.66. The van der Waals surface area contributed by atoms with Crippen LogP contribution in [0.15, 0.2) is 54.2 Å². The highest BCUT2D eigenvalue weighted by Crippen LogP contribution is 2.40. The summed E-state index contributed by atoms with van der Waals surface area (Å²) in [5, 5.41) is 0.137. The van der Waals surface area contributed by atoms with E-state index in [9.17, 15) is 9.59 Å². The van der Waals surface area contributed by atoms with Crippen LogP contribution in [0.5, 0.6) is 0 Å². The highest BCUT2D eigenvalue weighted by molar-refractivity contribution is 6.34. The van der Waals surface area contributed by atoms with E-state index in [4.69, 9.17) is 22.3 Å². The second-order valence-electron chi connectivity index (χ2n) is 10.5. The molecule has 1 aromatic carbocycles. The Hall–Kier alpha value is -4.31. The fraction of sp³-hybridized carbons (Fsp3) is 0.323. The van der Waals surface area contributed by atoms with Crippen molar-refractivity contribution in [1.82, 2.24) is 19.8 Å². The number of aryl methyl sites for hydroxylation is 1. The first-order valence-electron chi connectivity index (χ1n) is 13.6. The van der Waals surface area contributed by atoms with Crippen LogP contribution in [0.3, 0.4) is 0 Å². The highest BCUT2D eigenvalue weighted by Gasteiger charge is 2.32. The maximum Gasteiger partial charge on any atom is 0.246 e. The minimum atomic E-state index is -0.595. The van der Waals surface area contributed by atoms with Crippen LogP contribution in [0.2, 0.25) is 5.02 Å². The lowest BCUT2D eigenvalue weighted by Gasteiger charge is -2.41. The van der Waals surface area contributed by atoms with Gasteiger partial charge < -0.3 is 15.5 Å². The summed E-state index contributed by atoms with van der Waals surface area (Å²) in [6.45, 7) is 12.8. The molecule has 4 rings (SSSR count). The molecule has 3 aromatic rings. The maximum absolute atomic E-state index is 15.1. The smallest absolute Gasteiger partial charge is 0.246 e. The van der Waals surface area contributed by atoms with Gasteiger partial charge in [0.15, 0.2) is 5.82 Å². The summed E-state index contributed by atoms with van der Waals surface area (Å²) in [4.78, 5) is 44.5. The summed E-state index contributed by atoms with van der Waals surface area (Å²) in [5.41, 5.74) is 8.99. The van der Waals surface area contributed by atoms with Crippen LogP contribution in [-0.4, -0.2) is 70.6 Å². The van der Waals surface area contributed by atoms with Gasteiger partial charge in [-0.3, -0.25) is 24.5 Å². The van der Waals surface area contributed by atoms with Gasteiger partial charge in [0, 0.05) is 44.6 Å². The Balaban J connectivity index is 1.97. The molecular formula is C31H35ClFN7O2. The molecule has 9 nitrogen and oxygen atoms in total. The number of aromatic nitrogens is 2. The number of carbonyl (C=O) groups is 2. The molecule has 3 heterocycles. The third-order valence-electron chi connectivity index (χ3n) is 7.35. The van der Waals surface area contributed by atoms with Crippen molar-refractivity contribution in [2.45, 2.75) is 39.7 Å². The minimum Gasteiger partial charge on any atom is -0.398 e. The summed E-state index contributed by atoms with van der Waals surface area (Å²) >= 11 is 6.80. The van der Waals surface area contributed by atoms with Crippen LogP contribution in [0, 0.1) is 12.7 Å². The number of amides is 2. The maximum atomic E-state index is 15.1. The number of piperazine rings is 1. The van der Waals surface area contributed by atoms with Crippen molar-refractivity contribution in [2.24, 2.45) is 4.99 Å². The molecule has 0 aliphatic carbocycles. The second-order valence-corrected chi connectivity index (χ2v) is 10.9. The number of pyridine rings is 2. The molecule has 11 heteroatoms. The molecule has 2 amide bonds. The van der Waals surface area contributed by atoms with Gasteiger partial charge in [0.25, 0.3) is 0 Å². The first kappa shape index (κ1) is 30.6. The molecule has 2 N–H and O–H groups in total. The fourth-order valence-electron chi connectivity index (χ4n) is 5.34. The number of aliphatic imine (C=N–C) groups is 1. The monoisotopic (exact) mass is 591 g/mol. The summed E-state index contributed by atoms with van der Waals surface area (Å²) in [6.07, 6.45) is 3.67. The number of rotatable bonds is 7. The van der Waals surface area contributed by atoms with Gasteiger partial charge in [-0.15, -0.1) is 0 Å². The Labute approximate surface area is 250 Å². The molecular weight excluding hydrogens is 557 g/mol. The Morgan fingerprint density at radius 1 is 1.31 bits per heavy atom.